The second-order valence-electron chi connectivity index (χ2n) is 5.41. The van der Waals surface area contributed by atoms with Crippen molar-refractivity contribution in [1.82, 2.24) is 10.6 Å². The van der Waals surface area contributed by atoms with Crippen LogP contribution in [0.1, 0.15) is 24.8 Å². The Morgan fingerprint density at radius 3 is 2.50 bits per heavy atom. The van der Waals surface area contributed by atoms with Crippen LogP contribution >= 0.6 is 0 Å². The molecule has 1 aromatic carbocycles. The predicted octanol–water partition coefficient (Wildman–Crippen LogP) is 2.45. The maximum atomic E-state index is 11.7. The van der Waals surface area contributed by atoms with Crippen molar-refractivity contribution in [2.45, 2.75) is 31.9 Å². The fourth-order valence-corrected chi connectivity index (χ4v) is 2.01. The molecule has 8 nitrogen and oxygen atoms in total. The van der Waals surface area contributed by atoms with E-state index in [0.29, 0.717) is 19.4 Å². The van der Waals surface area contributed by atoms with Gasteiger partial charge in [0.15, 0.2) is 0 Å². The average Bonchev–Trinajstić information content (AvgIpc) is 2.64. The molecule has 1 rings (SSSR count). The molecule has 0 spiro atoms. The Kier molecular flexibility index (Phi) is 9.98. The lowest BCUT2D eigenvalue weighted by Gasteiger charge is -2.14. The van der Waals surface area contributed by atoms with Crippen molar-refractivity contribution in [3.05, 3.63) is 48.6 Å². The van der Waals surface area contributed by atoms with Gasteiger partial charge in [0.05, 0.1) is 0 Å². The van der Waals surface area contributed by atoms with Crippen LogP contribution in [0.15, 0.2) is 43.0 Å². The zero-order valence-corrected chi connectivity index (χ0v) is 14.5. The number of amides is 2. The number of hydrogen-bond donors (Lipinski definition) is 3. The molecule has 0 aromatic heterocycles. The number of unbranched alkanes of at least 4 members (excludes halogenated alkanes) is 1. The molecule has 0 heterocycles. The van der Waals surface area contributed by atoms with Gasteiger partial charge >= 0.3 is 18.2 Å². The summed E-state index contributed by atoms with van der Waals surface area (Å²) in [5, 5.41) is 14.0. The maximum Gasteiger partial charge on any atom is 0.408 e. The normalized spacial score (nSPS) is 11.1. The van der Waals surface area contributed by atoms with Gasteiger partial charge in [-0.1, -0.05) is 43.0 Å². The third-order valence-corrected chi connectivity index (χ3v) is 3.32. The fourth-order valence-electron chi connectivity index (χ4n) is 2.01. The van der Waals surface area contributed by atoms with Crippen LogP contribution in [0.4, 0.5) is 9.59 Å². The Balaban J connectivity index is 2.24. The second kappa shape index (κ2) is 12.3. The van der Waals surface area contributed by atoms with E-state index in [1.165, 1.54) is 6.08 Å². The number of ether oxygens (including phenoxy) is 2. The van der Waals surface area contributed by atoms with E-state index >= 15 is 0 Å². The van der Waals surface area contributed by atoms with Gasteiger partial charge in [-0.15, -0.1) is 0 Å². The summed E-state index contributed by atoms with van der Waals surface area (Å²) >= 11 is 0. The molecule has 1 atom stereocenters. The Morgan fingerprint density at radius 2 is 1.85 bits per heavy atom. The summed E-state index contributed by atoms with van der Waals surface area (Å²) in [5.74, 6) is -1.14. The quantitative estimate of drug-likeness (QED) is 0.410. The van der Waals surface area contributed by atoms with Gasteiger partial charge in [-0.05, 0) is 24.8 Å². The van der Waals surface area contributed by atoms with E-state index in [4.69, 9.17) is 9.47 Å². The van der Waals surface area contributed by atoms with Gasteiger partial charge in [-0.3, -0.25) is 0 Å². The third-order valence-electron chi connectivity index (χ3n) is 3.32. The van der Waals surface area contributed by atoms with Crippen LogP contribution in [-0.4, -0.2) is 42.5 Å². The van der Waals surface area contributed by atoms with E-state index in [2.05, 4.69) is 17.2 Å². The highest BCUT2D eigenvalue weighted by atomic mass is 16.6. The molecule has 0 aliphatic carbocycles. The van der Waals surface area contributed by atoms with Crippen molar-refractivity contribution in [3.63, 3.8) is 0 Å². The standard InChI is InChI=1S/C18H24N2O6/c1-2-12-25-17(23)19-11-7-6-10-15(16(21)22)20-18(24)26-13-14-8-4-3-5-9-14/h2-5,8-9,15H,1,6-7,10-13H2,(H,19,23)(H,20,24)(H,21,22)/t15-/m0/s1. The van der Waals surface area contributed by atoms with Crippen LogP contribution in [0, 0.1) is 0 Å². The number of benzene rings is 1. The molecule has 0 bridgehead atoms. The van der Waals surface area contributed by atoms with E-state index in [9.17, 15) is 19.5 Å². The van der Waals surface area contributed by atoms with Gasteiger partial charge in [0, 0.05) is 6.54 Å². The predicted molar refractivity (Wildman–Crippen MR) is 94.6 cm³/mol. The first-order valence-corrected chi connectivity index (χ1v) is 8.24. The third kappa shape index (κ3) is 9.31. The lowest BCUT2D eigenvalue weighted by Crippen LogP contribution is -2.41. The molecule has 0 fully saturated rings. The summed E-state index contributed by atoms with van der Waals surface area (Å²) in [6.45, 7) is 3.97. The Bertz CT molecular complexity index is 591. The number of nitrogens with one attached hydrogen (secondary N) is 2. The highest BCUT2D eigenvalue weighted by Crippen LogP contribution is 2.04. The van der Waals surface area contributed by atoms with Gasteiger partial charge in [0.25, 0.3) is 0 Å². The van der Waals surface area contributed by atoms with Gasteiger partial charge in [-0.25, -0.2) is 14.4 Å². The molecular formula is C18H24N2O6. The minimum absolute atomic E-state index is 0.0652. The number of carbonyl (C=O) groups excluding carboxylic acids is 2. The van der Waals surface area contributed by atoms with Gasteiger partial charge in [0.2, 0.25) is 0 Å². The number of carbonyl (C=O) groups is 3. The summed E-state index contributed by atoms with van der Waals surface area (Å²) in [7, 11) is 0. The van der Waals surface area contributed by atoms with Crippen LogP contribution < -0.4 is 10.6 Å². The molecule has 0 unspecified atom stereocenters. The van der Waals surface area contributed by atoms with Gasteiger partial charge < -0.3 is 25.2 Å². The lowest BCUT2D eigenvalue weighted by atomic mass is 10.1. The van der Waals surface area contributed by atoms with E-state index in [1.54, 1.807) is 12.1 Å². The number of carboxylic acid groups (broad SMARTS) is 1. The lowest BCUT2D eigenvalue weighted by molar-refractivity contribution is -0.139. The molecule has 26 heavy (non-hydrogen) atoms. The molecule has 2 amide bonds. The average molecular weight is 364 g/mol. The SMILES string of the molecule is C=CCOC(=O)NCCCC[C@H](NC(=O)OCc1ccccc1)C(=O)O. The molecule has 1 aromatic rings. The van der Waals surface area contributed by atoms with Crippen LogP contribution in [0.2, 0.25) is 0 Å². The largest absolute Gasteiger partial charge is 0.480 e. The second-order valence-corrected chi connectivity index (χ2v) is 5.41. The number of carboxylic acids is 1. The molecule has 3 N–H and O–H groups in total. The number of rotatable bonds is 11. The molecule has 142 valence electrons. The summed E-state index contributed by atoms with van der Waals surface area (Å²) in [5.41, 5.74) is 0.809. The minimum Gasteiger partial charge on any atom is -0.480 e. The summed E-state index contributed by atoms with van der Waals surface area (Å²) in [6, 6.07) is 8.03. The zero-order valence-electron chi connectivity index (χ0n) is 14.5. The molecular weight excluding hydrogens is 340 g/mol. The van der Waals surface area contributed by atoms with Gasteiger partial charge in [-0.2, -0.15) is 0 Å². The van der Waals surface area contributed by atoms with E-state index in [0.717, 1.165) is 5.56 Å². The molecule has 0 aliphatic heterocycles. The fraction of sp³-hybridized carbons (Fsp3) is 0.389. The van der Waals surface area contributed by atoms with Crippen molar-refractivity contribution in [1.29, 1.82) is 0 Å². The zero-order chi connectivity index (χ0) is 19.2. The molecule has 0 saturated heterocycles. The van der Waals surface area contributed by atoms with Crippen LogP contribution in [-0.2, 0) is 20.9 Å². The Morgan fingerprint density at radius 1 is 1.12 bits per heavy atom. The topological polar surface area (TPSA) is 114 Å². The molecule has 0 radical (unpaired) electrons. The van der Waals surface area contributed by atoms with E-state index in [-0.39, 0.29) is 19.6 Å². The molecule has 0 aliphatic rings. The van der Waals surface area contributed by atoms with Crippen LogP contribution in [0.3, 0.4) is 0 Å². The Hall–Kier alpha value is -3.03. The summed E-state index contributed by atoms with van der Waals surface area (Å²) < 4.78 is 9.75. The smallest absolute Gasteiger partial charge is 0.408 e. The summed E-state index contributed by atoms with van der Waals surface area (Å²) in [4.78, 5) is 34.2. The van der Waals surface area contributed by atoms with Crippen molar-refractivity contribution < 1.29 is 29.0 Å². The number of aliphatic carboxylic acids is 1. The van der Waals surface area contributed by atoms with Crippen molar-refractivity contribution in [3.8, 4) is 0 Å². The minimum atomic E-state index is -1.14. The first-order chi connectivity index (χ1) is 12.5. The van der Waals surface area contributed by atoms with Crippen molar-refractivity contribution in [2.75, 3.05) is 13.2 Å². The van der Waals surface area contributed by atoms with Crippen LogP contribution in [0.25, 0.3) is 0 Å². The summed E-state index contributed by atoms with van der Waals surface area (Å²) in [6.07, 6.45) is 1.39. The van der Waals surface area contributed by atoms with Gasteiger partial charge in [0.1, 0.15) is 19.3 Å². The van der Waals surface area contributed by atoms with E-state index < -0.39 is 24.2 Å². The van der Waals surface area contributed by atoms with Crippen LogP contribution in [0.5, 0.6) is 0 Å². The van der Waals surface area contributed by atoms with E-state index in [1.807, 2.05) is 18.2 Å². The monoisotopic (exact) mass is 364 g/mol. The highest BCUT2D eigenvalue weighted by molar-refractivity contribution is 5.79. The van der Waals surface area contributed by atoms with Crippen molar-refractivity contribution >= 4 is 18.2 Å². The Labute approximate surface area is 152 Å². The first-order valence-electron chi connectivity index (χ1n) is 8.24. The maximum absolute atomic E-state index is 11.7. The first kappa shape index (κ1) is 21.0. The highest BCUT2D eigenvalue weighted by Gasteiger charge is 2.20. The number of hydrogen-bond acceptors (Lipinski definition) is 5. The number of alkyl carbamates (subject to hydrolysis) is 2. The molecule has 0 saturated carbocycles. The van der Waals surface area contributed by atoms with Crippen molar-refractivity contribution in [2.24, 2.45) is 0 Å². The molecule has 8 heteroatoms.